The molecule has 0 spiro atoms. The van der Waals surface area contributed by atoms with E-state index in [2.05, 4.69) is 36.2 Å². The number of nitrogens with zero attached hydrogens (tertiary/aromatic N) is 2. The molecule has 0 radical (unpaired) electrons. The van der Waals surface area contributed by atoms with Crippen LogP contribution in [0.25, 0.3) is 0 Å². The van der Waals surface area contributed by atoms with Gasteiger partial charge in [0.15, 0.2) is 5.82 Å². The van der Waals surface area contributed by atoms with Crippen molar-refractivity contribution in [1.82, 2.24) is 20.9 Å². The van der Waals surface area contributed by atoms with E-state index in [1.54, 1.807) is 0 Å². The molecule has 1 rings (SSSR count). The molecule has 0 aliphatic carbocycles. The highest BCUT2D eigenvalue weighted by Gasteiger charge is 2.38. The van der Waals surface area contributed by atoms with Gasteiger partial charge in [-0.3, -0.25) is 14.8 Å². The van der Waals surface area contributed by atoms with Gasteiger partial charge in [-0.05, 0) is 23.2 Å². The lowest BCUT2D eigenvalue weighted by molar-refractivity contribution is -0.147. The van der Waals surface area contributed by atoms with Gasteiger partial charge in [-0.25, -0.2) is 5.48 Å². The molecule has 1 heterocycles. The molecule has 29 heavy (non-hydrogen) atoms. The summed E-state index contributed by atoms with van der Waals surface area (Å²) in [5.74, 6) is -1.71. The first-order chi connectivity index (χ1) is 13.2. The summed E-state index contributed by atoms with van der Waals surface area (Å²) in [4.78, 5) is 29.1. The van der Waals surface area contributed by atoms with Gasteiger partial charge in [0, 0.05) is 6.42 Å². The van der Waals surface area contributed by atoms with Gasteiger partial charge in [-0.15, -0.1) is 0 Å². The molecule has 1 unspecified atom stereocenters. The molecule has 0 bridgehead atoms. The maximum absolute atomic E-state index is 13.0. The Morgan fingerprint density at radius 3 is 2.14 bits per heavy atom. The third-order valence-corrected chi connectivity index (χ3v) is 4.40. The average molecular weight is 413 g/mol. The van der Waals surface area contributed by atoms with Crippen molar-refractivity contribution < 1.29 is 24.4 Å². The monoisotopic (exact) mass is 412 g/mol. The number of carbonyl (C=O) groups excluding carboxylic acids is 2. The summed E-state index contributed by atoms with van der Waals surface area (Å²) in [7, 11) is 0. The molecule has 1 aromatic heterocycles. The molecule has 3 atom stereocenters. The molecule has 2 amide bonds. The van der Waals surface area contributed by atoms with Crippen LogP contribution >= 0.6 is 0 Å². The molecule has 9 heteroatoms. The maximum Gasteiger partial charge on any atom is 0.272 e. The lowest BCUT2D eigenvalue weighted by atomic mass is 9.84. The van der Waals surface area contributed by atoms with Gasteiger partial charge in [0.1, 0.15) is 6.10 Å². The molecule has 0 aliphatic heterocycles. The number of carbonyl (C=O) groups is 2. The van der Waals surface area contributed by atoms with Gasteiger partial charge < -0.3 is 14.9 Å². The Bertz CT molecular complexity index is 688. The summed E-state index contributed by atoms with van der Waals surface area (Å²) >= 11 is 0. The first-order valence-electron chi connectivity index (χ1n) is 9.90. The number of hydrogen-bond donors (Lipinski definition) is 4. The Morgan fingerprint density at radius 2 is 1.69 bits per heavy atom. The standard InChI is InChI=1S/C20H36N4O5/c1-11(2)9-12(14(25)18(27)23-28)17(26)22-15(20(6,7)8)16-21-13(29-24-16)10-19(3,4)5/h11-12,14-15,25,28H,9-10H2,1-8H3,(H,22,26)(H,23,27)/t12-,14+,15?/m1/s1. The second-order valence-corrected chi connectivity index (χ2v) is 10.2. The van der Waals surface area contributed by atoms with E-state index in [0.29, 0.717) is 18.1 Å². The summed E-state index contributed by atoms with van der Waals surface area (Å²) in [5.41, 5.74) is 0.918. The van der Waals surface area contributed by atoms with Crippen LogP contribution in [0.1, 0.15) is 79.6 Å². The Hall–Kier alpha value is -2.00. The predicted molar refractivity (Wildman–Crippen MR) is 107 cm³/mol. The van der Waals surface area contributed by atoms with Crippen molar-refractivity contribution in [1.29, 1.82) is 0 Å². The van der Waals surface area contributed by atoms with Crippen LogP contribution in [0, 0.1) is 22.7 Å². The summed E-state index contributed by atoms with van der Waals surface area (Å²) < 4.78 is 5.37. The number of aliphatic hydroxyl groups is 1. The fraction of sp³-hybridized carbons (Fsp3) is 0.800. The first kappa shape index (κ1) is 25.0. The number of aliphatic hydroxyl groups excluding tert-OH is 1. The summed E-state index contributed by atoms with van der Waals surface area (Å²) in [5, 5.41) is 26.0. The van der Waals surface area contributed by atoms with Crippen molar-refractivity contribution in [3.05, 3.63) is 11.7 Å². The van der Waals surface area contributed by atoms with E-state index < -0.39 is 35.3 Å². The normalized spacial score (nSPS) is 15.7. The minimum Gasteiger partial charge on any atom is -0.382 e. The number of rotatable bonds is 8. The van der Waals surface area contributed by atoms with Crippen LogP contribution in [0.4, 0.5) is 0 Å². The van der Waals surface area contributed by atoms with Crippen molar-refractivity contribution in [3.8, 4) is 0 Å². The number of hydrogen-bond acceptors (Lipinski definition) is 7. The minimum absolute atomic E-state index is 0.0333. The van der Waals surface area contributed by atoms with Crippen molar-refractivity contribution in [2.75, 3.05) is 0 Å². The number of nitrogens with one attached hydrogen (secondary N) is 2. The second-order valence-electron chi connectivity index (χ2n) is 10.2. The Kier molecular flexibility index (Phi) is 8.35. The fourth-order valence-electron chi connectivity index (χ4n) is 2.96. The maximum atomic E-state index is 13.0. The number of aromatic nitrogens is 2. The lowest BCUT2D eigenvalue weighted by Crippen LogP contribution is -2.48. The lowest BCUT2D eigenvalue weighted by Gasteiger charge is -2.31. The van der Waals surface area contributed by atoms with Crippen LogP contribution in [-0.4, -0.2) is 38.4 Å². The van der Waals surface area contributed by atoms with E-state index in [1.807, 2.05) is 34.6 Å². The van der Waals surface area contributed by atoms with E-state index in [9.17, 15) is 14.7 Å². The van der Waals surface area contributed by atoms with Gasteiger partial charge in [0.05, 0.1) is 12.0 Å². The molecular weight excluding hydrogens is 376 g/mol. The van der Waals surface area contributed by atoms with Gasteiger partial charge in [0.25, 0.3) is 5.91 Å². The van der Waals surface area contributed by atoms with E-state index in [4.69, 9.17) is 9.73 Å². The summed E-state index contributed by atoms with van der Waals surface area (Å²) in [6, 6.07) is -0.591. The van der Waals surface area contributed by atoms with Crippen LogP contribution in [0.5, 0.6) is 0 Å². The highest BCUT2D eigenvalue weighted by molar-refractivity contribution is 5.88. The second kappa shape index (κ2) is 9.67. The van der Waals surface area contributed by atoms with E-state index in [1.165, 1.54) is 5.48 Å². The molecular formula is C20H36N4O5. The first-order valence-corrected chi connectivity index (χ1v) is 9.90. The molecule has 4 N–H and O–H groups in total. The number of hydroxylamine groups is 1. The van der Waals surface area contributed by atoms with Gasteiger partial charge in [-0.1, -0.05) is 60.5 Å². The van der Waals surface area contributed by atoms with Gasteiger partial charge >= 0.3 is 0 Å². The van der Waals surface area contributed by atoms with Crippen LogP contribution in [0.2, 0.25) is 0 Å². The highest BCUT2D eigenvalue weighted by atomic mass is 16.5. The molecule has 0 aliphatic rings. The molecule has 1 aromatic rings. The van der Waals surface area contributed by atoms with Crippen LogP contribution in [-0.2, 0) is 16.0 Å². The minimum atomic E-state index is -1.68. The molecule has 166 valence electrons. The third kappa shape index (κ3) is 7.74. The topological polar surface area (TPSA) is 138 Å². The Morgan fingerprint density at radius 1 is 1.10 bits per heavy atom. The van der Waals surface area contributed by atoms with E-state index in [0.717, 1.165) is 0 Å². The molecule has 9 nitrogen and oxygen atoms in total. The highest BCUT2D eigenvalue weighted by Crippen LogP contribution is 2.32. The molecule has 0 saturated carbocycles. The largest absolute Gasteiger partial charge is 0.382 e. The van der Waals surface area contributed by atoms with Crippen molar-refractivity contribution >= 4 is 11.8 Å². The SMILES string of the molecule is CC(C)C[C@@H](C(=O)NC(c1noc(CC(C)(C)C)n1)C(C)(C)C)[C@H](O)C(=O)NO. The predicted octanol–water partition coefficient (Wildman–Crippen LogP) is 2.39. The number of amides is 2. The third-order valence-electron chi connectivity index (χ3n) is 4.40. The summed E-state index contributed by atoms with van der Waals surface area (Å²) in [6.07, 6.45) is -0.820. The van der Waals surface area contributed by atoms with E-state index in [-0.39, 0.29) is 17.8 Å². The van der Waals surface area contributed by atoms with E-state index >= 15 is 0 Å². The zero-order valence-corrected chi connectivity index (χ0v) is 18.7. The Labute approximate surface area is 172 Å². The van der Waals surface area contributed by atoms with Gasteiger partial charge in [0.2, 0.25) is 11.8 Å². The average Bonchev–Trinajstić information content (AvgIpc) is 3.00. The van der Waals surface area contributed by atoms with Gasteiger partial charge in [-0.2, -0.15) is 4.98 Å². The van der Waals surface area contributed by atoms with Crippen molar-refractivity contribution in [2.24, 2.45) is 22.7 Å². The fourth-order valence-corrected chi connectivity index (χ4v) is 2.96. The zero-order chi connectivity index (χ0) is 22.6. The quantitative estimate of drug-likeness (QED) is 0.380. The smallest absolute Gasteiger partial charge is 0.272 e. The molecule has 0 saturated heterocycles. The summed E-state index contributed by atoms with van der Waals surface area (Å²) in [6.45, 7) is 15.7. The van der Waals surface area contributed by atoms with Crippen LogP contribution in [0.15, 0.2) is 4.52 Å². The van der Waals surface area contributed by atoms with Crippen LogP contribution < -0.4 is 10.8 Å². The molecule has 0 fully saturated rings. The Balaban J connectivity index is 3.13. The zero-order valence-electron chi connectivity index (χ0n) is 18.7. The van der Waals surface area contributed by atoms with Crippen molar-refractivity contribution in [2.45, 2.75) is 80.4 Å². The van der Waals surface area contributed by atoms with Crippen LogP contribution in [0.3, 0.4) is 0 Å². The van der Waals surface area contributed by atoms with Crippen molar-refractivity contribution in [3.63, 3.8) is 0 Å². The molecule has 0 aromatic carbocycles.